The largest absolute Gasteiger partial charge is 0.269 e. The van der Waals surface area contributed by atoms with E-state index in [1.54, 1.807) is 29.3 Å². The molecule has 23 heavy (non-hydrogen) atoms. The summed E-state index contributed by atoms with van der Waals surface area (Å²) in [7, 11) is 0. The monoisotopic (exact) mass is 346 g/mol. The first kappa shape index (κ1) is 17.4. The summed E-state index contributed by atoms with van der Waals surface area (Å²) in [5.41, 5.74) is 3.94. The lowest BCUT2D eigenvalue weighted by Crippen LogP contribution is -2.55. The summed E-state index contributed by atoms with van der Waals surface area (Å²) in [5.74, 6) is -0.197. The third-order valence-corrected chi connectivity index (χ3v) is 3.88. The van der Waals surface area contributed by atoms with Gasteiger partial charge in [0.2, 0.25) is 0 Å². The number of amides is 1. The Morgan fingerprint density at radius 2 is 1.57 bits per heavy atom. The molecule has 2 rings (SSSR count). The van der Waals surface area contributed by atoms with Gasteiger partial charge >= 0.3 is 0 Å². The summed E-state index contributed by atoms with van der Waals surface area (Å²) < 4.78 is 0. The molecule has 0 aliphatic carbocycles. The molecule has 0 aliphatic rings. The van der Waals surface area contributed by atoms with Gasteiger partial charge in [-0.05, 0) is 45.0 Å². The Balaban J connectivity index is 2.26. The number of hydrazine groups is 1. The summed E-state index contributed by atoms with van der Waals surface area (Å²) >= 11 is 11.5. The average Bonchev–Trinajstić information content (AvgIpc) is 2.52. The SMILES string of the molecule is CC(C)(C)N(NC(=O)c1ccccc1)C(=S)c1ccc(Cl)cc1. The standard InChI is InChI=1S/C18H19ClN2OS/c1-18(2,3)21(17(23)14-9-11-15(19)12-10-14)20-16(22)13-7-5-4-6-8-13/h4-12H,1-3H3,(H,20,22). The molecule has 5 heteroatoms. The maximum atomic E-state index is 12.5. The van der Waals surface area contributed by atoms with Gasteiger partial charge in [-0.2, -0.15) is 0 Å². The fourth-order valence-corrected chi connectivity index (χ4v) is 2.58. The van der Waals surface area contributed by atoms with Crippen molar-refractivity contribution in [2.24, 2.45) is 0 Å². The number of rotatable bonds is 2. The highest BCUT2D eigenvalue weighted by atomic mass is 35.5. The Labute approximate surface area is 147 Å². The number of carbonyl (C=O) groups is 1. The fourth-order valence-electron chi connectivity index (χ4n) is 2.00. The van der Waals surface area contributed by atoms with Gasteiger partial charge in [0, 0.05) is 16.1 Å². The Morgan fingerprint density at radius 3 is 2.09 bits per heavy atom. The molecule has 2 aromatic carbocycles. The first-order chi connectivity index (χ1) is 10.8. The molecule has 0 heterocycles. The van der Waals surface area contributed by atoms with Gasteiger partial charge in [-0.15, -0.1) is 0 Å². The van der Waals surface area contributed by atoms with Crippen molar-refractivity contribution in [3.8, 4) is 0 Å². The number of hydrogen-bond acceptors (Lipinski definition) is 2. The van der Waals surface area contributed by atoms with Crippen LogP contribution >= 0.6 is 23.8 Å². The second-order valence-electron chi connectivity index (χ2n) is 6.13. The van der Waals surface area contributed by atoms with E-state index in [9.17, 15) is 4.79 Å². The van der Waals surface area contributed by atoms with E-state index in [1.807, 2.05) is 51.1 Å². The smallest absolute Gasteiger partial charge is 0.269 e. The maximum Gasteiger partial charge on any atom is 0.269 e. The van der Waals surface area contributed by atoms with Crippen molar-refractivity contribution in [1.82, 2.24) is 10.4 Å². The maximum absolute atomic E-state index is 12.5. The average molecular weight is 347 g/mol. The summed E-state index contributed by atoms with van der Waals surface area (Å²) in [6.07, 6.45) is 0. The highest BCUT2D eigenvalue weighted by Crippen LogP contribution is 2.18. The molecule has 0 atom stereocenters. The molecule has 0 bridgehead atoms. The number of benzene rings is 2. The van der Waals surface area contributed by atoms with Crippen molar-refractivity contribution in [2.45, 2.75) is 26.3 Å². The lowest BCUT2D eigenvalue weighted by atomic mass is 10.1. The van der Waals surface area contributed by atoms with Gasteiger partial charge in [0.25, 0.3) is 5.91 Å². The number of halogens is 1. The summed E-state index contributed by atoms with van der Waals surface area (Å²) in [6, 6.07) is 16.3. The van der Waals surface area contributed by atoms with Crippen molar-refractivity contribution < 1.29 is 4.79 Å². The van der Waals surface area contributed by atoms with E-state index in [2.05, 4.69) is 5.43 Å². The van der Waals surface area contributed by atoms with Crippen molar-refractivity contribution in [1.29, 1.82) is 0 Å². The van der Waals surface area contributed by atoms with Crippen LogP contribution in [0, 0.1) is 0 Å². The van der Waals surface area contributed by atoms with Gasteiger partial charge in [0.05, 0.1) is 5.54 Å². The normalized spacial score (nSPS) is 11.0. The predicted octanol–water partition coefficient (Wildman–Crippen LogP) is 4.46. The van der Waals surface area contributed by atoms with Gasteiger partial charge in [-0.25, -0.2) is 0 Å². The Kier molecular flexibility index (Phi) is 5.39. The molecule has 0 radical (unpaired) electrons. The molecule has 0 saturated carbocycles. The third-order valence-electron chi connectivity index (χ3n) is 3.21. The lowest BCUT2D eigenvalue weighted by Gasteiger charge is -2.37. The molecule has 0 fully saturated rings. The van der Waals surface area contributed by atoms with Crippen LogP contribution in [0.4, 0.5) is 0 Å². The molecule has 0 aliphatic heterocycles. The van der Waals surface area contributed by atoms with E-state index in [1.165, 1.54) is 0 Å². The zero-order valence-electron chi connectivity index (χ0n) is 13.3. The van der Waals surface area contributed by atoms with E-state index in [4.69, 9.17) is 23.8 Å². The first-order valence-corrected chi connectivity index (χ1v) is 8.04. The Bertz CT molecular complexity index is 693. The summed E-state index contributed by atoms with van der Waals surface area (Å²) in [5, 5.41) is 2.35. The molecule has 0 spiro atoms. The molecule has 0 unspecified atom stereocenters. The Morgan fingerprint density at radius 1 is 1.00 bits per heavy atom. The minimum Gasteiger partial charge on any atom is -0.269 e. The lowest BCUT2D eigenvalue weighted by molar-refractivity contribution is 0.0780. The van der Waals surface area contributed by atoms with Gasteiger partial charge in [-0.3, -0.25) is 15.2 Å². The molecule has 1 N–H and O–H groups in total. The van der Waals surface area contributed by atoms with Crippen molar-refractivity contribution in [2.75, 3.05) is 0 Å². The van der Waals surface area contributed by atoms with Crippen LogP contribution in [0.2, 0.25) is 5.02 Å². The van der Waals surface area contributed by atoms with Crippen LogP contribution in [0.3, 0.4) is 0 Å². The van der Waals surface area contributed by atoms with E-state index >= 15 is 0 Å². The molecule has 0 saturated heterocycles. The molecule has 3 nitrogen and oxygen atoms in total. The number of hydrogen-bond donors (Lipinski definition) is 1. The highest BCUT2D eigenvalue weighted by Gasteiger charge is 2.27. The van der Waals surface area contributed by atoms with Gasteiger partial charge < -0.3 is 0 Å². The van der Waals surface area contributed by atoms with Crippen molar-refractivity contribution in [3.63, 3.8) is 0 Å². The number of thiocarbonyl (C=S) groups is 1. The third kappa shape index (κ3) is 4.53. The van der Waals surface area contributed by atoms with Crippen LogP contribution in [0.5, 0.6) is 0 Å². The van der Waals surface area contributed by atoms with Gasteiger partial charge in [0.1, 0.15) is 4.99 Å². The highest BCUT2D eigenvalue weighted by molar-refractivity contribution is 7.80. The van der Waals surface area contributed by atoms with Crippen LogP contribution in [0.25, 0.3) is 0 Å². The van der Waals surface area contributed by atoms with Crippen LogP contribution in [-0.2, 0) is 0 Å². The molecular weight excluding hydrogens is 328 g/mol. The van der Waals surface area contributed by atoms with Crippen LogP contribution in [0.1, 0.15) is 36.7 Å². The fraction of sp³-hybridized carbons (Fsp3) is 0.222. The first-order valence-electron chi connectivity index (χ1n) is 7.25. The zero-order chi connectivity index (χ0) is 17.0. The second-order valence-corrected chi connectivity index (χ2v) is 6.95. The van der Waals surface area contributed by atoms with Crippen molar-refractivity contribution >= 4 is 34.7 Å². The van der Waals surface area contributed by atoms with Gasteiger partial charge in [-0.1, -0.05) is 54.2 Å². The molecule has 2 aromatic rings. The molecule has 0 aromatic heterocycles. The number of nitrogens with one attached hydrogen (secondary N) is 1. The summed E-state index contributed by atoms with van der Waals surface area (Å²) in [4.78, 5) is 13.0. The predicted molar refractivity (Wildman–Crippen MR) is 98.7 cm³/mol. The Hall–Kier alpha value is -1.91. The number of carbonyl (C=O) groups excluding carboxylic acids is 1. The van der Waals surface area contributed by atoms with Crippen LogP contribution in [-0.4, -0.2) is 21.4 Å². The molecule has 120 valence electrons. The van der Waals surface area contributed by atoms with Crippen LogP contribution in [0.15, 0.2) is 54.6 Å². The minimum absolute atomic E-state index is 0.197. The van der Waals surface area contributed by atoms with E-state index in [0.29, 0.717) is 15.6 Å². The van der Waals surface area contributed by atoms with E-state index < -0.39 is 0 Å². The zero-order valence-corrected chi connectivity index (χ0v) is 14.9. The topological polar surface area (TPSA) is 32.3 Å². The minimum atomic E-state index is -0.374. The van der Waals surface area contributed by atoms with E-state index in [0.717, 1.165) is 5.56 Å². The molecular formula is C18H19ClN2OS. The van der Waals surface area contributed by atoms with Crippen molar-refractivity contribution in [3.05, 3.63) is 70.7 Å². The van der Waals surface area contributed by atoms with Gasteiger partial charge in [0.15, 0.2) is 0 Å². The molecule has 1 amide bonds. The quantitative estimate of drug-likeness (QED) is 0.643. The number of nitrogens with zero attached hydrogens (tertiary/aromatic N) is 1. The second kappa shape index (κ2) is 7.11. The van der Waals surface area contributed by atoms with Crippen LogP contribution < -0.4 is 5.43 Å². The summed E-state index contributed by atoms with van der Waals surface area (Å²) in [6.45, 7) is 5.96. The van der Waals surface area contributed by atoms with E-state index in [-0.39, 0.29) is 11.4 Å².